The summed E-state index contributed by atoms with van der Waals surface area (Å²) in [5.74, 6) is -0.189. The highest BCUT2D eigenvalue weighted by Crippen LogP contribution is 2.26. The van der Waals surface area contributed by atoms with Crippen molar-refractivity contribution < 1.29 is 13.2 Å². The van der Waals surface area contributed by atoms with Gasteiger partial charge in [0.2, 0.25) is 0 Å². The van der Waals surface area contributed by atoms with E-state index < -0.39 is 10.0 Å². The summed E-state index contributed by atoms with van der Waals surface area (Å²) < 4.78 is 29.8. The molecular weight excluding hydrogens is 350 g/mol. The molecule has 0 aliphatic rings. The van der Waals surface area contributed by atoms with Crippen LogP contribution < -0.4 is 4.72 Å². The highest BCUT2D eigenvalue weighted by Gasteiger charge is 2.21. The lowest BCUT2D eigenvalue weighted by molar-refractivity contribution is 0.101. The van der Waals surface area contributed by atoms with Crippen molar-refractivity contribution in [3.8, 4) is 5.69 Å². The number of nitrogens with one attached hydrogen (secondary N) is 1. The summed E-state index contributed by atoms with van der Waals surface area (Å²) in [5.41, 5.74) is 2.87. The number of carbonyl (C=O) groups is 1. The van der Waals surface area contributed by atoms with Crippen LogP contribution in [0.1, 0.15) is 28.7 Å². The first-order valence-corrected chi connectivity index (χ1v) is 9.53. The van der Waals surface area contributed by atoms with Crippen LogP contribution in [-0.2, 0) is 10.0 Å². The van der Waals surface area contributed by atoms with Crippen LogP contribution in [0.25, 0.3) is 5.69 Å². The molecule has 0 radical (unpaired) electrons. The second-order valence-electron chi connectivity index (χ2n) is 5.98. The number of hydrogen-bond acceptors (Lipinski definition) is 4. The quantitative estimate of drug-likeness (QED) is 0.698. The molecule has 134 valence electrons. The van der Waals surface area contributed by atoms with E-state index in [4.69, 9.17) is 0 Å². The van der Waals surface area contributed by atoms with E-state index in [1.165, 1.54) is 19.1 Å². The molecule has 0 atom stereocenters. The number of hydrogen-bond donors (Lipinski definition) is 1. The first kappa shape index (κ1) is 17.9. The topological polar surface area (TPSA) is 81.1 Å². The van der Waals surface area contributed by atoms with Crippen molar-refractivity contribution in [3.63, 3.8) is 0 Å². The van der Waals surface area contributed by atoms with Crippen LogP contribution in [0.4, 0.5) is 5.69 Å². The van der Waals surface area contributed by atoms with Crippen molar-refractivity contribution >= 4 is 21.5 Å². The average molecular weight is 369 g/mol. The number of Topliss-reactive ketones (excluding diaryl/α,β-unsaturated/α-hetero) is 1. The van der Waals surface area contributed by atoms with E-state index in [-0.39, 0.29) is 10.7 Å². The van der Waals surface area contributed by atoms with Gasteiger partial charge in [-0.05, 0) is 45.0 Å². The molecule has 0 saturated carbocycles. The fourth-order valence-electron chi connectivity index (χ4n) is 2.69. The highest BCUT2D eigenvalue weighted by molar-refractivity contribution is 7.92. The molecule has 3 aromatic rings. The number of carbonyl (C=O) groups excluding carboxylic acids is 1. The van der Waals surface area contributed by atoms with E-state index in [9.17, 15) is 13.2 Å². The van der Waals surface area contributed by atoms with Gasteiger partial charge in [0.05, 0.1) is 27.7 Å². The van der Waals surface area contributed by atoms with Crippen molar-refractivity contribution in [2.24, 2.45) is 0 Å². The van der Waals surface area contributed by atoms with Crippen LogP contribution in [0.5, 0.6) is 0 Å². The van der Waals surface area contributed by atoms with Gasteiger partial charge in [-0.15, -0.1) is 0 Å². The van der Waals surface area contributed by atoms with Crippen molar-refractivity contribution in [2.45, 2.75) is 25.7 Å². The molecule has 0 bridgehead atoms. The van der Waals surface area contributed by atoms with Crippen LogP contribution in [0.2, 0.25) is 0 Å². The predicted molar refractivity (Wildman–Crippen MR) is 100 cm³/mol. The zero-order chi connectivity index (χ0) is 18.9. The molecule has 6 nitrogen and oxygen atoms in total. The first-order chi connectivity index (χ1) is 12.3. The summed E-state index contributed by atoms with van der Waals surface area (Å²) >= 11 is 0. The summed E-state index contributed by atoms with van der Waals surface area (Å²) in [6, 6.07) is 15.5. The summed E-state index contributed by atoms with van der Waals surface area (Å²) in [4.78, 5) is 11.6. The standard InChI is InChI=1S/C19H19N3O3S/c1-13-19(14(2)22(20-13)17-9-5-4-6-10-17)21-26(24,25)18-11-7-8-16(12-18)15(3)23/h4-12,21H,1-3H3. The minimum atomic E-state index is -3.84. The SMILES string of the molecule is CC(=O)c1cccc(S(=O)(=O)Nc2c(C)nn(-c3ccccc3)c2C)c1. The lowest BCUT2D eigenvalue weighted by Gasteiger charge is -2.10. The summed E-state index contributed by atoms with van der Waals surface area (Å²) in [7, 11) is -3.84. The van der Waals surface area contributed by atoms with E-state index in [0.29, 0.717) is 22.6 Å². The van der Waals surface area contributed by atoms with Gasteiger partial charge in [-0.25, -0.2) is 13.1 Å². The molecule has 7 heteroatoms. The average Bonchev–Trinajstić information content (AvgIpc) is 2.90. The van der Waals surface area contributed by atoms with Gasteiger partial charge < -0.3 is 0 Å². The van der Waals surface area contributed by atoms with E-state index in [2.05, 4.69) is 9.82 Å². The summed E-state index contributed by atoms with van der Waals surface area (Å²) in [5, 5.41) is 4.44. The van der Waals surface area contributed by atoms with Gasteiger partial charge in [-0.2, -0.15) is 5.10 Å². The van der Waals surface area contributed by atoms with E-state index >= 15 is 0 Å². The zero-order valence-electron chi connectivity index (χ0n) is 14.7. The number of sulfonamides is 1. The van der Waals surface area contributed by atoms with Gasteiger partial charge in [0, 0.05) is 5.56 Å². The van der Waals surface area contributed by atoms with Gasteiger partial charge in [-0.3, -0.25) is 9.52 Å². The molecule has 0 spiro atoms. The van der Waals surface area contributed by atoms with Gasteiger partial charge in [0.1, 0.15) is 0 Å². The Kier molecular flexibility index (Phi) is 4.65. The predicted octanol–water partition coefficient (Wildman–Crippen LogP) is 3.49. The molecule has 1 aromatic heterocycles. The third-order valence-electron chi connectivity index (χ3n) is 4.08. The second kappa shape index (κ2) is 6.76. The molecule has 2 aromatic carbocycles. The maximum atomic E-state index is 12.8. The Morgan fingerprint density at radius 2 is 1.73 bits per heavy atom. The molecule has 0 unspecified atom stereocenters. The maximum absolute atomic E-state index is 12.8. The number of para-hydroxylation sites is 1. The van der Waals surface area contributed by atoms with Gasteiger partial charge in [0.15, 0.2) is 5.78 Å². The minimum absolute atomic E-state index is 0.0384. The summed E-state index contributed by atoms with van der Waals surface area (Å²) in [6.45, 7) is 4.95. The molecule has 0 fully saturated rings. The van der Waals surface area contributed by atoms with E-state index in [0.717, 1.165) is 5.69 Å². The summed E-state index contributed by atoms with van der Waals surface area (Å²) in [6.07, 6.45) is 0. The van der Waals surface area contributed by atoms with Crippen molar-refractivity contribution in [2.75, 3.05) is 4.72 Å². The van der Waals surface area contributed by atoms with Gasteiger partial charge >= 0.3 is 0 Å². The van der Waals surface area contributed by atoms with Gasteiger partial charge in [-0.1, -0.05) is 30.3 Å². The van der Waals surface area contributed by atoms with Crippen LogP contribution in [0.15, 0.2) is 59.5 Å². The minimum Gasteiger partial charge on any atom is -0.295 e. The van der Waals surface area contributed by atoms with Crippen LogP contribution in [0, 0.1) is 13.8 Å². The Morgan fingerprint density at radius 3 is 2.38 bits per heavy atom. The highest BCUT2D eigenvalue weighted by atomic mass is 32.2. The number of anilines is 1. The lowest BCUT2D eigenvalue weighted by atomic mass is 10.2. The molecule has 0 aliphatic heterocycles. The second-order valence-corrected chi connectivity index (χ2v) is 7.67. The molecular formula is C19H19N3O3S. The molecule has 1 N–H and O–H groups in total. The zero-order valence-corrected chi connectivity index (χ0v) is 15.5. The smallest absolute Gasteiger partial charge is 0.262 e. The number of rotatable bonds is 5. The fourth-order valence-corrected chi connectivity index (χ4v) is 3.91. The number of aromatic nitrogens is 2. The third-order valence-corrected chi connectivity index (χ3v) is 5.43. The Morgan fingerprint density at radius 1 is 1.04 bits per heavy atom. The Hall–Kier alpha value is -2.93. The van der Waals surface area contributed by atoms with Crippen LogP contribution >= 0.6 is 0 Å². The Balaban J connectivity index is 2.00. The molecule has 0 aliphatic carbocycles. The van der Waals surface area contributed by atoms with Crippen LogP contribution in [0.3, 0.4) is 0 Å². The lowest BCUT2D eigenvalue weighted by Crippen LogP contribution is -2.14. The molecule has 3 rings (SSSR count). The molecule has 0 saturated heterocycles. The monoisotopic (exact) mass is 369 g/mol. The van der Waals surface area contributed by atoms with Crippen molar-refractivity contribution in [3.05, 3.63) is 71.5 Å². The third kappa shape index (κ3) is 3.39. The van der Waals surface area contributed by atoms with Gasteiger partial charge in [0.25, 0.3) is 10.0 Å². The number of aryl methyl sites for hydroxylation is 1. The Bertz CT molecular complexity index is 1070. The number of ketones is 1. The fraction of sp³-hybridized carbons (Fsp3) is 0.158. The maximum Gasteiger partial charge on any atom is 0.262 e. The number of nitrogens with zero attached hydrogens (tertiary/aromatic N) is 2. The van der Waals surface area contributed by atoms with Crippen molar-refractivity contribution in [1.82, 2.24) is 9.78 Å². The molecule has 1 heterocycles. The molecule has 26 heavy (non-hydrogen) atoms. The Labute approximate surface area is 152 Å². The number of benzene rings is 2. The molecule has 0 amide bonds. The van der Waals surface area contributed by atoms with E-state index in [1.807, 2.05) is 30.3 Å². The normalized spacial score (nSPS) is 11.3. The largest absolute Gasteiger partial charge is 0.295 e. The van der Waals surface area contributed by atoms with Crippen molar-refractivity contribution in [1.29, 1.82) is 0 Å². The van der Waals surface area contributed by atoms with Crippen LogP contribution in [-0.4, -0.2) is 24.0 Å². The van der Waals surface area contributed by atoms with E-state index in [1.54, 1.807) is 30.7 Å². The first-order valence-electron chi connectivity index (χ1n) is 8.05.